The molecular formula is C19H23N4O2S+. The zero-order chi connectivity index (χ0) is 18.9. The number of hydrogen-bond acceptors (Lipinski definition) is 4. The fourth-order valence-corrected chi connectivity index (χ4v) is 3.37. The summed E-state index contributed by atoms with van der Waals surface area (Å²) in [6, 6.07) is 11.3. The van der Waals surface area contributed by atoms with Gasteiger partial charge in [-0.2, -0.15) is 5.26 Å². The first-order valence-corrected chi connectivity index (χ1v) is 9.38. The van der Waals surface area contributed by atoms with E-state index in [1.54, 1.807) is 11.4 Å². The van der Waals surface area contributed by atoms with E-state index in [0.29, 0.717) is 17.1 Å². The van der Waals surface area contributed by atoms with Gasteiger partial charge >= 0.3 is 0 Å². The minimum atomic E-state index is -0.198. The number of carbonyl (C=O) groups is 2. The first-order valence-electron chi connectivity index (χ1n) is 8.50. The third-order valence-electron chi connectivity index (χ3n) is 3.88. The van der Waals surface area contributed by atoms with Gasteiger partial charge in [0, 0.05) is 5.69 Å². The van der Waals surface area contributed by atoms with Crippen LogP contribution in [-0.2, 0) is 9.59 Å². The van der Waals surface area contributed by atoms with E-state index in [-0.39, 0.29) is 24.9 Å². The molecule has 0 saturated carbocycles. The molecule has 1 aromatic carbocycles. The number of thiophene rings is 1. The second-order valence-electron chi connectivity index (χ2n) is 6.04. The second-order valence-corrected chi connectivity index (χ2v) is 6.96. The maximum Gasteiger partial charge on any atom is 0.280 e. The van der Waals surface area contributed by atoms with Crippen LogP contribution in [0, 0.1) is 18.3 Å². The number of aryl methyl sites for hydroxylation is 1. The molecule has 0 fully saturated rings. The number of nitrogens with one attached hydrogen (secondary N) is 3. The van der Waals surface area contributed by atoms with E-state index in [9.17, 15) is 9.59 Å². The van der Waals surface area contributed by atoms with Crippen molar-refractivity contribution in [2.45, 2.75) is 20.3 Å². The standard InChI is InChI=1S/C19H22N4O2S/c1-3-9-23(12-17(24)21-16-7-5-4-6-14(16)2)13-18(25)22-19-15(11-20)8-10-26-19/h4-8,10H,3,9,12-13H2,1-2H3,(H,21,24)(H,22,25)/p+1. The number of hydrogen-bond donors (Lipinski definition) is 3. The van der Waals surface area contributed by atoms with E-state index in [2.05, 4.69) is 10.6 Å². The zero-order valence-corrected chi connectivity index (χ0v) is 15.8. The quantitative estimate of drug-likeness (QED) is 0.661. The van der Waals surface area contributed by atoms with Crippen LogP contribution in [-0.4, -0.2) is 31.4 Å². The lowest BCUT2D eigenvalue weighted by Crippen LogP contribution is -3.14. The van der Waals surface area contributed by atoms with Gasteiger partial charge in [-0.3, -0.25) is 9.59 Å². The summed E-state index contributed by atoms with van der Waals surface area (Å²) in [6.45, 7) is 5.06. The van der Waals surface area contributed by atoms with Crippen molar-refractivity contribution < 1.29 is 14.5 Å². The molecule has 2 rings (SSSR count). The molecule has 6 nitrogen and oxygen atoms in total. The van der Waals surface area contributed by atoms with E-state index in [0.717, 1.165) is 22.6 Å². The highest BCUT2D eigenvalue weighted by molar-refractivity contribution is 7.14. The van der Waals surface area contributed by atoms with Gasteiger partial charge in [0.1, 0.15) is 11.1 Å². The lowest BCUT2D eigenvalue weighted by atomic mass is 10.2. The Kier molecular flexibility index (Phi) is 7.33. The molecule has 1 unspecified atom stereocenters. The molecular weight excluding hydrogens is 348 g/mol. The number of para-hydroxylation sites is 1. The van der Waals surface area contributed by atoms with Crippen molar-refractivity contribution in [3.05, 3.63) is 46.8 Å². The molecule has 0 aliphatic carbocycles. The minimum absolute atomic E-state index is 0.121. The highest BCUT2D eigenvalue weighted by Gasteiger charge is 2.19. The minimum Gasteiger partial charge on any atom is -0.321 e. The van der Waals surface area contributed by atoms with E-state index >= 15 is 0 Å². The molecule has 0 aliphatic heterocycles. The number of rotatable bonds is 8. The molecule has 0 radical (unpaired) electrons. The molecule has 2 aromatic rings. The van der Waals surface area contributed by atoms with Gasteiger partial charge in [0.15, 0.2) is 13.1 Å². The third kappa shape index (κ3) is 5.69. The lowest BCUT2D eigenvalue weighted by molar-refractivity contribution is -0.883. The van der Waals surface area contributed by atoms with Gasteiger partial charge in [-0.15, -0.1) is 11.3 Å². The van der Waals surface area contributed by atoms with Gasteiger partial charge in [-0.1, -0.05) is 25.1 Å². The van der Waals surface area contributed by atoms with Crippen LogP contribution in [0.15, 0.2) is 35.7 Å². The van der Waals surface area contributed by atoms with Crippen LogP contribution < -0.4 is 15.5 Å². The molecule has 1 heterocycles. The molecule has 1 atom stereocenters. The first kappa shape index (κ1) is 19.6. The number of carbonyl (C=O) groups excluding carboxylic acids is 2. The summed E-state index contributed by atoms with van der Waals surface area (Å²) < 4.78 is 0. The smallest absolute Gasteiger partial charge is 0.280 e. The van der Waals surface area contributed by atoms with Gasteiger partial charge in [-0.05, 0) is 36.4 Å². The van der Waals surface area contributed by atoms with E-state index in [1.165, 1.54) is 11.3 Å². The van der Waals surface area contributed by atoms with Crippen LogP contribution in [0.1, 0.15) is 24.5 Å². The molecule has 136 valence electrons. The highest BCUT2D eigenvalue weighted by Crippen LogP contribution is 2.21. The van der Waals surface area contributed by atoms with Crippen LogP contribution in [0.4, 0.5) is 10.7 Å². The Morgan fingerprint density at radius 1 is 1.15 bits per heavy atom. The summed E-state index contributed by atoms with van der Waals surface area (Å²) in [5, 5.41) is 17.0. The summed E-state index contributed by atoms with van der Waals surface area (Å²) in [6.07, 6.45) is 0.864. The summed E-state index contributed by atoms with van der Waals surface area (Å²) in [5.74, 6) is -0.319. The Labute approximate surface area is 157 Å². The molecule has 0 saturated heterocycles. The van der Waals surface area contributed by atoms with Crippen LogP contribution >= 0.6 is 11.3 Å². The van der Waals surface area contributed by atoms with Gasteiger partial charge in [-0.25, -0.2) is 0 Å². The molecule has 26 heavy (non-hydrogen) atoms. The highest BCUT2D eigenvalue weighted by atomic mass is 32.1. The molecule has 3 N–H and O–H groups in total. The molecule has 2 amide bonds. The number of quaternary nitrogens is 1. The van der Waals surface area contributed by atoms with Crippen LogP contribution in [0.3, 0.4) is 0 Å². The van der Waals surface area contributed by atoms with Gasteiger partial charge in [0.2, 0.25) is 0 Å². The molecule has 7 heteroatoms. The summed E-state index contributed by atoms with van der Waals surface area (Å²) in [7, 11) is 0. The number of nitrogens with zero attached hydrogens (tertiary/aromatic N) is 1. The molecule has 0 aliphatic rings. The zero-order valence-electron chi connectivity index (χ0n) is 15.0. The molecule has 0 spiro atoms. The van der Waals surface area contributed by atoms with Crippen molar-refractivity contribution in [2.75, 3.05) is 30.3 Å². The monoisotopic (exact) mass is 371 g/mol. The van der Waals surface area contributed by atoms with Gasteiger partial charge < -0.3 is 15.5 Å². The van der Waals surface area contributed by atoms with Crippen molar-refractivity contribution in [1.82, 2.24) is 0 Å². The Morgan fingerprint density at radius 2 is 1.85 bits per heavy atom. The van der Waals surface area contributed by atoms with Crippen LogP contribution in [0.25, 0.3) is 0 Å². The Hall–Kier alpha value is -2.69. The Bertz CT molecular complexity index is 792. The van der Waals surface area contributed by atoms with Crippen molar-refractivity contribution >= 4 is 33.8 Å². The van der Waals surface area contributed by atoms with Gasteiger partial charge in [0.25, 0.3) is 11.8 Å². The number of nitriles is 1. The average Bonchev–Trinajstić information content (AvgIpc) is 3.04. The van der Waals surface area contributed by atoms with Crippen molar-refractivity contribution in [1.29, 1.82) is 5.26 Å². The summed E-state index contributed by atoms with van der Waals surface area (Å²) >= 11 is 1.32. The average molecular weight is 371 g/mol. The summed E-state index contributed by atoms with van der Waals surface area (Å²) in [4.78, 5) is 25.5. The number of benzene rings is 1. The van der Waals surface area contributed by atoms with E-state index in [1.807, 2.05) is 44.2 Å². The predicted octanol–water partition coefficient (Wildman–Crippen LogP) is 1.80. The van der Waals surface area contributed by atoms with Crippen molar-refractivity contribution in [3.8, 4) is 6.07 Å². The van der Waals surface area contributed by atoms with Crippen LogP contribution in [0.5, 0.6) is 0 Å². The van der Waals surface area contributed by atoms with E-state index in [4.69, 9.17) is 5.26 Å². The van der Waals surface area contributed by atoms with Gasteiger partial charge in [0.05, 0.1) is 12.1 Å². The first-order chi connectivity index (χ1) is 12.5. The van der Waals surface area contributed by atoms with Crippen molar-refractivity contribution in [3.63, 3.8) is 0 Å². The molecule has 0 bridgehead atoms. The lowest BCUT2D eigenvalue weighted by Gasteiger charge is -2.18. The Morgan fingerprint density at radius 3 is 2.50 bits per heavy atom. The van der Waals surface area contributed by atoms with E-state index < -0.39 is 0 Å². The second kappa shape index (κ2) is 9.70. The Balaban J connectivity index is 1.93. The maximum atomic E-state index is 12.3. The SMILES string of the molecule is CCC[NH+](CC(=O)Nc1ccccc1C)CC(=O)Nc1sccc1C#N. The maximum absolute atomic E-state index is 12.3. The summed E-state index contributed by atoms with van der Waals surface area (Å²) in [5.41, 5.74) is 2.24. The van der Waals surface area contributed by atoms with Crippen LogP contribution in [0.2, 0.25) is 0 Å². The number of amides is 2. The largest absolute Gasteiger partial charge is 0.321 e. The fraction of sp³-hybridized carbons (Fsp3) is 0.316. The topological polar surface area (TPSA) is 86.4 Å². The number of anilines is 2. The van der Waals surface area contributed by atoms with Crippen molar-refractivity contribution in [2.24, 2.45) is 0 Å². The molecule has 1 aromatic heterocycles. The predicted molar refractivity (Wildman–Crippen MR) is 103 cm³/mol. The fourth-order valence-electron chi connectivity index (χ4n) is 2.62. The third-order valence-corrected chi connectivity index (χ3v) is 4.71. The normalized spacial score (nSPS) is 11.4.